The Balaban J connectivity index is 1.92. The predicted octanol–water partition coefficient (Wildman–Crippen LogP) is 2.25. The van der Waals surface area contributed by atoms with Crippen molar-refractivity contribution in [2.45, 2.75) is 19.9 Å². The first-order chi connectivity index (χ1) is 8.78. The molecular formula is C13H19N5. The Bertz CT molecular complexity index is 492. The maximum atomic E-state index is 4.32. The molecule has 0 fully saturated rings. The van der Waals surface area contributed by atoms with Crippen LogP contribution in [0.4, 0.5) is 11.4 Å². The summed E-state index contributed by atoms with van der Waals surface area (Å²) in [6, 6.07) is 4.06. The Kier molecular flexibility index (Phi) is 4.17. The minimum absolute atomic E-state index is 0.708. The van der Waals surface area contributed by atoms with Crippen LogP contribution in [0, 0.1) is 0 Å². The van der Waals surface area contributed by atoms with Crippen molar-refractivity contribution in [3.8, 4) is 0 Å². The summed E-state index contributed by atoms with van der Waals surface area (Å²) in [5.41, 5.74) is 3.06. The van der Waals surface area contributed by atoms with Crippen LogP contribution in [0.3, 0.4) is 0 Å². The summed E-state index contributed by atoms with van der Waals surface area (Å²) < 4.78 is 1.80. The highest BCUT2D eigenvalue weighted by Gasteiger charge is 1.99. The average molecular weight is 245 g/mol. The highest BCUT2D eigenvalue weighted by atomic mass is 15.3. The number of nitrogens with zero attached hydrogens (tertiary/aromatic N) is 3. The van der Waals surface area contributed by atoms with Crippen LogP contribution in [0.5, 0.6) is 0 Å². The van der Waals surface area contributed by atoms with Gasteiger partial charge in [-0.3, -0.25) is 9.67 Å². The topological polar surface area (TPSA) is 54.8 Å². The van der Waals surface area contributed by atoms with Gasteiger partial charge in [0, 0.05) is 19.8 Å². The van der Waals surface area contributed by atoms with Gasteiger partial charge >= 0.3 is 0 Å². The van der Waals surface area contributed by atoms with Crippen LogP contribution in [0.25, 0.3) is 0 Å². The van der Waals surface area contributed by atoms with Crippen molar-refractivity contribution >= 4 is 11.4 Å². The fourth-order valence-corrected chi connectivity index (χ4v) is 1.65. The summed E-state index contributed by atoms with van der Waals surface area (Å²) in [5, 5.41) is 10.9. The smallest absolute Gasteiger partial charge is 0.0815 e. The second-order valence-corrected chi connectivity index (χ2v) is 4.22. The molecule has 2 rings (SSSR count). The molecule has 0 aliphatic heterocycles. The zero-order chi connectivity index (χ0) is 12.8. The number of hydrogen-bond donors (Lipinski definition) is 2. The molecule has 0 aromatic carbocycles. The van der Waals surface area contributed by atoms with Gasteiger partial charge in [-0.05, 0) is 18.6 Å². The molecule has 0 saturated carbocycles. The summed E-state index contributed by atoms with van der Waals surface area (Å²) in [7, 11) is 1.92. The van der Waals surface area contributed by atoms with Gasteiger partial charge in [-0.1, -0.05) is 6.92 Å². The number of hydrogen-bond acceptors (Lipinski definition) is 4. The fourth-order valence-electron chi connectivity index (χ4n) is 1.65. The lowest BCUT2D eigenvalue weighted by Gasteiger charge is -2.08. The van der Waals surface area contributed by atoms with E-state index in [9.17, 15) is 0 Å². The first kappa shape index (κ1) is 12.4. The van der Waals surface area contributed by atoms with Gasteiger partial charge in [0.1, 0.15) is 0 Å². The van der Waals surface area contributed by atoms with Gasteiger partial charge in [-0.15, -0.1) is 0 Å². The SMILES string of the molecule is CCCNc1cncc(NCc2ccn(C)n2)c1. The lowest BCUT2D eigenvalue weighted by molar-refractivity contribution is 0.747. The average Bonchev–Trinajstić information content (AvgIpc) is 2.80. The molecule has 2 heterocycles. The van der Waals surface area contributed by atoms with Gasteiger partial charge in [0.25, 0.3) is 0 Å². The molecule has 0 amide bonds. The van der Waals surface area contributed by atoms with E-state index in [1.807, 2.05) is 31.7 Å². The summed E-state index contributed by atoms with van der Waals surface area (Å²) in [4.78, 5) is 4.20. The van der Waals surface area contributed by atoms with E-state index < -0.39 is 0 Å². The van der Waals surface area contributed by atoms with Crippen LogP contribution in [0.2, 0.25) is 0 Å². The normalized spacial score (nSPS) is 10.3. The van der Waals surface area contributed by atoms with Crippen molar-refractivity contribution in [3.63, 3.8) is 0 Å². The zero-order valence-electron chi connectivity index (χ0n) is 10.8. The molecule has 0 bridgehead atoms. The molecule has 0 unspecified atom stereocenters. The van der Waals surface area contributed by atoms with E-state index in [4.69, 9.17) is 0 Å². The summed E-state index contributed by atoms with van der Waals surface area (Å²) in [6.07, 6.45) is 6.70. The molecule has 2 aromatic heterocycles. The molecule has 0 saturated heterocycles. The fraction of sp³-hybridized carbons (Fsp3) is 0.385. The van der Waals surface area contributed by atoms with E-state index in [0.717, 1.165) is 30.0 Å². The van der Waals surface area contributed by atoms with Crippen molar-refractivity contribution in [1.29, 1.82) is 0 Å². The Labute approximate surface area is 107 Å². The van der Waals surface area contributed by atoms with Crippen LogP contribution in [0.1, 0.15) is 19.0 Å². The highest BCUT2D eigenvalue weighted by molar-refractivity contribution is 5.53. The lowest BCUT2D eigenvalue weighted by atomic mass is 10.3. The van der Waals surface area contributed by atoms with Crippen LogP contribution in [-0.4, -0.2) is 21.3 Å². The Morgan fingerprint density at radius 1 is 1.22 bits per heavy atom. The largest absolute Gasteiger partial charge is 0.384 e. The quantitative estimate of drug-likeness (QED) is 0.819. The van der Waals surface area contributed by atoms with Crippen molar-refractivity contribution in [2.75, 3.05) is 17.2 Å². The molecular weight excluding hydrogens is 226 g/mol. The number of rotatable bonds is 6. The van der Waals surface area contributed by atoms with E-state index in [-0.39, 0.29) is 0 Å². The van der Waals surface area contributed by atoms with Gasteiger partial charge in [0.15, 0.2) is 0 Å². The first-order valence-corrected chi connectivity index (χ1v) is 6.19. The van der Waals surface area contributed by atoms with Crippen molar-refractivity contribution in [3.05, 3.63) is 36.4 Å². The minimum Gasteiger partial charge on any atom is -0.384 e. The van der Waals surface area contributed by atoms with E-state index in [2.05, 4.69) is 33.7 Å². The monoisotopic (exact) mass is 245 g/mol. The second-order valence-electron chi connectivity index (χ2n) is 4.22. The summed E-state index contributed by atoms with van der Waals surface area (Å²) in [5.74, 6) is 0. The van der Waals surface area contributed by atoms with Gasteiger partial charge in [-0.25, -0.2) is 0 Å². The van der Waals surface area contributed by atoms with Crippen LogP contribution in [0.15, 0.2) is 30.7 Å². The molecule has 5 heteroatoms. The molecule has 0 atom stereocenters. The minimum atomic E-state index is 0.708. The molecule has 0 spiro atoms. The maximum absolute atomic E-state index is 4.32. The van der Waals surface area contributed by atoms with Crippen LogP contribution < -0.4 is 10.6 Å². The molecule has 2 aromatic rings. The molecule has 96 valence electrons. The maximum Gasteiger partial charge on any atom is 0.0815 e. The van der Waals surface area contributed by atoms with E-state index in [0.29, 0.717) is 6.54 Å². The molecule has 0 radical (unpaired) electrons. The Morgan fingerprint density at radius 2 is 2.00 bits per heavy atom. The number of aryl methyl sites for hydroxylation is 1. The Hall–Kier alpha value is -2.04. The van der Waals surface area contributed by atoms with Gasteiger partial charge < -0.3 is 10.6 Å². The molecule has 5 nitrogen and oxygen atoms in total. The zero-order valence-corrected chi connectivity index (χ0v) is 10.8. The van der Waals surface area contributed by atoms with Crippen molar-refractivity contribution < 1.29 is 0 Å². The van der Waals surface area contributed by atoms with E-state index in [1.54, 1.807) is 4.68 Å². The van der Waals surface area contributed by atoms with E-state index >= 15 is 0 Å². The number of pyridine rings is 1. The molecule has 0 aliphatic rings. The first-order valence-electron chi connectivity index (χ1n) is 6.19. The molecule has 2 N–H and O–H groups in total. The lowest BCUT2D eigenvalue weighted by Crippen LogP contribution is -2.04. The number of anilines is 2. The highest BCUT2D eigenvalue weighted by Crippen LogP contribution is 2.13. The third-order valence-electron chi connectivity index (χ3n) is 2.56. The van der Waals surface area contributed by atoms with E-state index in [1.165, 1.54) is 0 Å². The van der Waals surface area contributed by atoms with Gasteiger partial charge in [0.05, 0.1) is 36.0 Å². The third-order valence-corrected chi connectivity index (χ3v) is 2.56. The van der Waals surface area contributed by atoms with Gasteiger partial charge in [0.2, 0.25) is 0 Å². The number of aromatic nitrogens is 3. The van der Waals surface area contributed by atoms with Gasteiger partial charge in [-0.2, -0.15) is 5.10 Å². The third kappa shape index (κ3) is 3.48. The van der Waals surface area contributed by atoms with Crippen LogP contribution >= 0.6 is 0 Å². The predicted molar refractivity (Wildman–Crippen MR) is 73.6 cm³/mol. The van der Waals surface area contributed by atoms with Crippen molar-refractivity contribution in [2.24, 2.45) is 7.05 Å². The summed E-state index contributed by atoms with van der Waals surface area (Å²) in [6.45, 7) is 3.81. The summed E-state index contributed by atoms with van der Waals surface area (Å²) >= 11 is 0. The van der Waals surface area contributed by atoms with Crippen LogP contribution in [-0.2, 0) is 13.6 Å². The van der Waals surface area contributed by atoms with Crippen molar-refractivity contribution in [1.82, 2.24) is 14.8 Å². The second kappa shape index (κ2) is 6.05. The molecule has 0 aliphatic carbocycles. The standard InChI is InChI=1S/C13H19N5/c1-3-5-15-12-7-13(9-14-8-12)16-10-11-4-6-18(2)17-11/h4,6-9,15-16H,3,5,10H2,1-2H3. The molecule has 18 heavy (non-hydrogen) atoms. The Morgan fingerprint density at radius 3 is 2.67 bits per heavy atom. The number of nitrogens with one attached hydrogen (secondary N) is 2.